The number of amides is 5. The lowest BCUT2D eigenvalue weighted by Gasteiger charge is -2.39. The lowest BCUT2D eigenvalue weighted by Crippen LogP contribution is -2.63. The van der Waals surface area contributed by atoms with Gasteiger partial charge in [0.1, 0.15) is 12.1 Å². The standard InChI is InChI=1S/C33H57N5O7S/c1-18(2)15-33(11,17-46(44,45)31(6,7)8)37-29(43)36-25(30(3,4)5)28(42)38-16-20-22(32(20,9)10)23(38)27(41)35-21(14-19-12-13-19)24(39)26(34)40/h18-23,25H,12-17H2,1-11H3,(H2,34,40)(H,35,41)(H2,36,37,43)/t20-,21?,22-,23-,25+,33?/m0/s1. The van der Waals surface area contributed by atoms with Crippen LogP contribution in [0.2, 0.25) is 0 Å². The number of fused-ring (bicyclic) bond motifs is 1. The Labute approximate surface area is 275 Å². The largest absolute Gasteiger partial charge is 0.363 e. The molecule has 2 aliphatic carbocycles. The monoisotopic (exact) mass is 667 g/mol. The molecule has 1 aliphatic heterocycles. The topological polar surface area (TPSA) is 185 Å². The number of hydrogen-bond donors (Lipinski definition) is 4. The van der Waals surface area contributed by atoms with Gasteiger partial charge in [-0.05, 0) is 75.0 Å². The van der Waals surface area contributed by atoms with Gasteiger partial charge >= 0.3 is 6.03 Å². The van der Waals surface area contributed by atoms with Gasteiger partial charge in [-0.2, -0.15) is 0 Å². The maximum Gasteiger partial charge on any atom is 0.315 e. The van der Waals surface area contributed by atoms with E-state index in [4.69, 9.17) is 5.73 Å². The lowest BCUT2D eigenvalue weighted by atomic mass is 9.85. The Morgan fingerprint density at radius 3 is 1.98 bits per heavy atom. The number of primary amides is 1. The number of rotatable bonds is 13. The second-order valence-electron chi connectivity index (χ2n) is 17.3. The van der Waals surface area contributed by atoms with Crippen LogP contribution in [-0.4, -0.2) is 83.6 Å². The summed E-state index contributed by atoms with van der Waals surface area (Å²) < 4.78 is 25.3. The molecule has 6 atom stereocenters. The average molecular weight is 668 g/mol. The van der Waals surface area contributed by atoms with Crippen molar-refractivity contribution in [3.05, 3.63) is 0 Å². The first-order valence-corrected chi connectivity index (χ1v) is 18.1. The molecule has 12 nitrogen and oxygen atoms in total. The van der Waals surface area contributed by atoms with Crippen molar-refractivity contribution in [3.8, 4) is 0 Å². The van der Waals surface area contributed by atoms with E-state index < -0.39 is 73.2 Å². The number of carbonyl (C=O) groups is 5. The Morgan fingerprint density at radius 2 is 1.52 bits per heavy atom. The number of nitrogens with one attached hydrogen (secondary N) is 3. The van der Waals surface area contributed by atoms with E-state index in [1.807, 2.05) is 27.7 Å². The smallest absolute Gasteiger partial charge is 0.315 e. The number of nitrogens with two attached hydrogens (primary N) is 1. The van der Waals surface area contributed by atoms with Crippen LogP contribution in [0.4, 0.5) is 4.79 Å². The molecule has 5 N–H and O–H groups in total. The fraction of sp³-hybridized carbons (Fsp3) is 0.848. The third kappa shape index (κ3) is 8.41. The van der Waals surface area contributed by atoms with Gasteiger partial charge in [-0.15, -0.1) is 0 Å². The van der Waals surface area contributed by atoms with Crippen LogP contribution in [0.5, 0.6) is 0 Å². The number of hydrogen-bond acceptors (Lipinski definition) is 7. The van der Waals surface area contributed by atoms with Gasteiger partial charge in [-0.1, -0.05) is 61.3 Å². The van der Waals surface area contributed by atoms with Crippen LogP contribution in [0.25, 0.3) is 0 Å². The Kier molecular flexibility index (Phi) is 10.4. The summed E-state index contributed by atoms with van der Waals surface area (Å²) >= 11 is 0. The van der Waals surface area contributed by atoms with E-state index in [9.17, 15) is 32.4 Å². The van der Waals surface area contributed by atoms with Crippen LogP contribution in [0.15, 0.2) is 0 Å². The Hall–Kier alpha value is -2.70. The van der Waals surface area contributed by atoms with Crippen molar-refractivity contribution >= 4 is 39.4 Å². The molecule has 2 unspecified atom stereocenters. The normalized spacial score (nSPS) is 25.1. The van der Waals surface area contributed by atoms with Crippen molar-refractivity contribution in [2.75, 3.05) is 12.3 Å². The van der Waals surface area contributed by atoms with Crippen LogP contribution < -0.4 is 21.7 Å². The number of Topliss-reactive ketones (excluding diaryl/α,β-unsaturated/α-hetero) is 1. The van der Waals surface area contributed by atoms with Gasteiger partial charge in [-0.25, -0.2) is 13.2 Å². The molecule has 0 radical (unpaired) electrons. The third-order valence-electron chi connectivity index (χ3n) is 10.0. The van der Waals surface area contributed by atoms with Crippen LogP contribution in [-0.2, 0) is 29.0 Å². The molecular weight excluding hydrogens is 610 g/mol. The molecule has 3 fully saturated rings. The van der Waals surface area contributed by atoms with E-state index in [2.05, 4.69) is 16.0 Å². The van der Waals surface area contributed by atoms with Crippen LogP contribution in [0.1, 0.15) is 102 Å². The molecule has 1 heterocycles. The molecular formula is C33H57N5O7S. The summed E-state index contributed by atoms with van der Waals surface area (Å²) in [7, 11) is -3.60. The SMILES string of the molecule is CC(C)CC(C)(CS(=O)(=O)C(C)(C)C)NC(=O)N[C@H](C(=O)N1C[C@H]2[C@@H]([C@H]1C(=O)NC(CC1CC1)C(=O)C(N)=O)C2(C)C)C(C)(C)C. The van der Waals surface area contributed by atoms with Gasteiger partial charge in [0, 0.05) is 6.54 Å². The highest BCUT2D eigenvalue weighted by molar-refractivity contribution is 7.92. The number of carbonyl (C=O) groups excluding carboxylic acids is 5. The van der Waals surface area contributed by atoms with Gasteiger partial charge in [-0.3, -0.25) is 19.2 Å². The maximum atomic E-state index is 14.3. The predicted molar refractivity (Wildman–Crippen MR) is 176 cm³/mol. The Balaban J connectivity index is 1.86. The van der Waals surface area contributed by atoms with Gasteiger partial charge in [0.15, 0.2) is 9.84 Å². The molecule has 3 rings (SSSR count). The zero-order valence-corrected chi connectivity index (χ0v) is 30.4. The quantitative estimate of drug-likeness (QED) is 0.218. The van der Waals surface area contributed by atoms with Crippen molar-refractivity contribution in [2.24, 2.45) is 40.2 Å². The highest BCUT2D eigenvalue weighted by Crippen LogP contribution is 2.65. The molecule has 0 aromatic rings. The summed E-state index contributed by atoms with van der Waals surface area (Å²) in [6.07, 6.45) is 2.52. The minimum absolute atomic E-state index is 0.0484. The summed E-state index contributed by atoms with van der Waals surface area (Å²) in [6.45, 7) is 20.3. The fourth-order valence-corrected chi connectivity index (χ4v) is 8.56. The summed E-state index contributed by atoms with van der Waals surface area (Å²) in [5, 5.41) is 8.45. The van der Waals surface area contributed by atoms with E-state index in [0.717, 1.165) is 12.8 Å². The van der Waals surface area contributed by atoms with Gasteiger partial charge in [0.25, 0.3) is 5.91 Å². The fourth-order valence-electron chi connectivity index (χ4n) is 7.10. The van der Waals surface area contributed by atoms with Gasteiger partial charge in [0.05, 0.1) is 22.1 Å². The molecule has 0 spiro atoms. The highest BCUT2D eigenvalue weighted by Gasteiger charge is 2.70. The van der Waals surface area contributed by atoms with E-state index >= 15 is 0 Å². The number of piperidine rings is 1. The lowest BCUT2D eigenvalue weighted by molar-refractivity contribution is -0.145. The van der Waals surface area contributed by atoms with Crippen molar-refractivity contribution < 1.29 is 32.4 Å². The second-order valence-corrected chi connectivity index (χ2v) is 20.0. The van der Waals surface area contributed by atoms with Crippen LogP contribution >= 0.6 is 0 Å². The number of likely N-dealkylation sites (tertiary alicyclic amines) is 1. The summed E-state index contributed by atoms with van der Waals surface area (Å²) in [5.74, 6) is -3.01. The molecule has 2 saturated carbocycles. The first kappa shape index (κ1) is 37.8. The minimum Gasteiger partial charge on any atom is -0.363 e. The van der Waals surface area contributed by atoms with Crippen molar-refractivity contribution in [2.45, 2.75) is 130 Å². The first-order chi connectivity index (χ1) is 20.7. The van der Waals surface area contributed by atoms with Crippen LogP contribution in [0.3, 0.4) is 0 Å². The molecule has 46 heavy (non-hydrogen) atoms. The molecule has 0 aromatic heterocycles. The zero-order chi connectivity index (χ0) is 35.4. The third-order valence-corrected chi connectivity index (χ3v) is 12.9. The molecule has 262 valence electrons. The predicted octanol–water partition coefficient (Wildman–Crippen LogP) is 2.54. The average Bonchev–Trinajstić information content (AvgIpc) is 3.70. The zero-order valence-electron chi connectivity index (χ0n) is 29.6. The summed E-state index contributed by atoms with van der Waals surface area (Å²) in [4.78, 5) is 67.6. The highest BCUT2D eigenvalue weighted by atomic mass is 32.2. The Bertz CT molecular complexity index is 1340. The first-order valence-electron chi connectivity index (χ1n) is 16.5. The minimum atomic E-state index is -3.60. The van der Waals surface area contributed by atoms with Crippen LogP contribution in [0, 0.1) is 34.5 Å². The molecule has 0 aromatic carbocycles. The van der Waals surface area contributed by atoms with E-state index in [1.54, 1.807) is 48.5 Å². The van der Waals surface area contributed by atoms with E-state index in [1.165, 1.54) is 4.90 Å². The summed E-state index contributed by atoms with van der Waals surface area (Å²) in [5.41, 5.74) is 3.19. The molecule has 5 amide bonds. The molecule has 0 bridgehead atoms. The van der Waals surface area contributed by atoms with E-state index in [-0.39, 0.29) is 34.8 Å². The molecule has 3 aliphatic rings. The summed E-state index contributed by atoms with van der Waals surface area (Å²) in [6, 6.07) is -3.68. The Morgan fingerprint density at radius 1 is 0.957 bits per heavy atom. The number of urea groups is 1. The molecule has 1 saturated heterocycles. The molecule has 13 heteroatoms. The van der Waals surface area contributed by atoms with Gasteiger partial charge in [0.2, 0.25) is 17.6 Å². The number of ketones is 1. The number of sulfone groups is 1. The van der Waals surface area contributed by atoms with Crippen molar-refractivity contribution in [1.82, 2.24) is 20.9 Å². The maximum absolute atomic E-state index is 14.3. The second kappa shape index (κ2) is 12.7. The van der Waals surface area contributed by atoms with Gasteiger partial charge < -0.3 is 26.6 Å². The van der Waals surface area contributed by atoms with E-state index in [0.29, 0.717) is 19.4 Å². The van der Waals surface area contributed by atoms with Crippen molar-refractivity contribution in [1.29, 1.82) is 0 Å². The number of nitrogens with zero attached hydrogens (tertiary/aromatic N) is 1. The van der Waals surface area contributed by atoms with Crippen molar-refractivity contribution in [3.63, 3.8) is 0 Å².